The van der Waals surface area contributed by atoms with Crippen molar-refractivity contribution in [2.75, 3.05) is 9.80 Å². The third-order valence-electron chi connectivity index (χ3n) is 31.7. The van der Waals surface area contributed by atoms with E-state index in [4.69, 9.17) is 0 Å². The zero-order valence-corrected chi connectivity index (χ0v) is 81.4. The molecule has 2 aliphatic heterocycles. The molecule has 0 N–H and O–H groups in total. The maximum Gasteiger partial charge on any atom is 0.252 e. The molecule has 31 rings (SSSR count). The lowest BCUT2D eigenvalue weighted by molar-refractivity contribution is 0.590. The SMILES string of the molecule is CC(C)(C)c1cc(-c2ccc3c(c2)sc2ccccc23)c(N2c3cc(-n4c5ccc6cccc7c8cccc9ccc4c(c98)c5c67)ccc3B3c4ccc(-n5c6ccc7cccc8c9cccc%10ccc5c(c%109)c6c78)cc4N(c4c(-c5ccc6c(c5)sc5ccccc56)cc(C(C)(C)C)cc4-c4ccc5c(c4)sc4ccccc45)c4cc(C(C)(C)C)cc2c43)c(-c2ccc3c(c2)sc2ccccc23)c1. The molecular weight excluding hydrogens is 1760 g/mol. The van der Waals surface area contributed by atoms with Crippen molar-refractivity contribution in [2.24, 2.45) is 0 Å². The number of hydrogen-bond donors (Lipinski definition) is 0. The molecule has 0 atom stereocenters. The molecule has 0 amide bonds. The second-order valence-corrected chi connectivity index (χ2v) is 46.8. The summed E-state index contributed by atoms with van der Waals surface area (Å²) in [6.45, 7) is 21.5. The van der Waals surface area contributed by atoms with Gasteiger partial charge < -0.3 is 18.9 Å². The highest BCUT2D eigenvalue weighted by molar-refractivity contribution is 7.27. The minimum atomic E-state index is -0.431. The number of benzene rings is 23. The zero-order valence-electron chi connectivity index (χ0n) is 78.1. The molecule has 0 radical (unpaired) electrons. The summed E-state index contributed by atoms with van der Waals surface area (Å²) in [4.78, 5) is 5.70. The van der Waals surface area contributed by atoms with Gasteiger partial charge in [-0.25, -0.2) is 0 Å². The Bertz CT molecular complexity index is 9420. The van der Waals surface area contributed by atoms with E-state index in [0.717, 1.165) is 45.5 Å². The largest absolute Gasteiger partial charge is 0.310 e. The minimum absolute atomic E-state index is 0.296. The average molecular weight is 1840 g/mol. The predicted octanol–water partition coefficient (Wildman–Crippen LogP) is 36.7. The molecule has 29 aromatic rings. The Kier molecular flexibility index (Phi) is 15.8. The highest BCUT2D eigenvalue weighted by Gasteiger charge is 2.48. The van der Waals surface area contributed by atoms with Crippen molar-refractivity contribution in [3.63, 3.8) is 0 Å². The van der Waals surface area contributed by atoms with Crippen LogP contribution in [0.15, 0.2) is 364 Å². The van der Waals surface area contributed by atoms with E-state index in [-0.39, 0.29) is 17.5 Å². The van der Waals surface area contributed by atoms with Crippen molar-refractivity contribution in [2.45, 2.75) is 78.6 Å². The van der Waals surface area contributed by atoms with Gasteiger partial charge in [0, 0.05) is 159 Å². The minimum Gasteiger partial charge on any atom is -0.310 e. The zero-order chi connectivity index (χ0) is 92.1. The van der Waals surface area contributed by atoms with E-state index in [1.165, 1.54) is 267 Å². The van der Waals surface area contributed by atoms with Gasteiger partial charge in [-0.2, -0.15) is 0 Å². The normalized spacial score (nSPS) is 13.5. The lowest BCUT2D eigenvalue weighted by Crippen LogP contribution is -2.61. The predicted molar refractivity (Wildman–Crippen MR) is 608 cm³/mol. The van der Waals surface area contributed by atoms with E-state index in [0.29, 0.717) is 0 Å². The first-order valence-corrected chi connectivity index (χ1v) is 52.0. The number of nitrogens with zero attached hydrogens (tertiary/aromatic N) is 4. The summed E-state index contributed by atoms with van der Waals surface area (Å²) in [6.07, 6.45) is 0. The van der Waals surface area contributed by atoms with Crippen molar-refractivity contribution < 1.29 is 0 Å². The van der Waals surface area contributed by atoms with Crippen molar-refractivity contribution >= 4 is 292 Å². The van der Waals surface area contributed by atoms with E-state index >= 15 is 0 Å². The first-order valence-electron chi connectivity index (χ1n) is 48.8. The van der Waals surface area contributed by atoms with Crippen LogP contribution >= 0.6 is 45.3 Å². The Morgan fingerprint density at radius 2 is 0.475 bits per heavy atom. The van der Waals surface area contributed by atoms with Crippen LogP contribution in [-0.4, -0.2) is 15.8 Å². The monoisotopic (exact) mass is 1840 g/mol. The fourth-order valence-electron chi connectivity index (χ4n) is 25.2. The summed E-state index contributed by atoms with van der Waals surface area (Å²) in [6, 6.07) is 144. The molecule has 0 saturated heterocycles. The fraction of sp³-hybridized carbons (Fsp3) is 0.0923. The Balaban J connectivity index is 0.771. The number of aromatic nitrogens is 2. The highest BCUT2D eigenvalue weighted by atomic mass is 32.1. The number of hydrogen-bond acceptors (Lipinski definition) is 6. The molecule has 0 bridgehead atoms. The molecule has 139 heavy (non-hydrogen) atoms. The number of rotatable bonds is 8. The lowest BCUT2D eigenvalue weighted by atomic mass is 9.33. The van der Waals surface area contributed by atoms with Crippen molar-refractivity contribution in [3.05, 3.63) is 381 Å². The molecule has 9 heteroatoms. The van der Waals surface area contributed by atoms with E-state index in [1.807, 2.05) is 45.3 Å². The van der Waals surface area contributed by atoms with Gasteiger partial charge in [-0.1, -0.05) is 293 Å². The molecule has 6 aromatic heterocycles. The summed E-state index contributed by atoms with van der Waals surface area (Å²) >= 11 is 7.61. The van der Waals surface area contributed by atoms with Gasteiger partial charge in [-0.15, -0.1) is 45.3 Å². The van der Waals surface area contributed by atoms with Gasteiger partial charge in [0.1, 0.15) is 0 Å². The molecule has 2 aliphatic rings. The van der Waals surface area contributed by atoms with Crippen LogP contribution in [0.1, 0.15) is 79.0 Å². The Morgan fingerprint density at radius 3 is 0.763 bits per heavy atom. The van der Waals surface area contributed by atoms with Gasteiger partial charge in [0.25, 0.3) is 6.71 Å². The summed E-state index contributed by atoms with van der Waals surface area (Å²) in [5.74, 6) is 0. The average Bonchev–Trinajstić information content (AvgIpc) is 1.47. The summed E-state index contributed by atoms with van der Waals surface area (Å²) in [5.41, 5.74) is 29.7. The van der Waals surface area contributed by atoms with Crippen LogP contribution in [0.3, 0.4) is 0 Å². The molecule has 0 aliphatic carbocycles. The van der Waals surface area contributed by atoms with Crippen LogP contribution < -0.4 is 26.2 Å². The lowest BCUT2D eigenvalue weighted by Gasteiger charge is -2.47. The van der Waals surface area contributed by atoms with E-state index < -0.39 is 5.41 Å². The van der Waals surface area contributed by atoms with Gasteiger partial charge >= 0.3 is 0 Å². The standard InChI is InChI=1S/C130H87BN4S4/c1-128(2,3)78-62-95(74-38-48-87-83-26-10-14-34-109(83)136-113(87)58-74)126(96(63-78)75-39-49-88-84-27-11-15-35-110(84)137-114(88)59-75)134-105-68-81(132-101-54-42-70-22-18-30-91-92-31-19-23-71-43-55-102(132)122(118(71)92)121(101)117(70)91)46-52-99(105)131-100-53-47-82(133-103-56-44-72-24-20-32-93-94-33-21-25-73-45-57-104(133)124(120(73)94)123(103)119(72)93)69-106(100)135(108-67-80(130(7,8)9)66-107(134)125(108)131)127-97(76-40-50-89-85-28-12-16-36-111(85)138-115(89)60-76)64-79(129(4,5)6)65-98(127)77-41-51-90-86-29-13-17-37-112(86)139-116(90)61-77/h10-69H,1-9H3. The van der Waals surface area contributed by atoms with Crippen LogP contribution in [0, 0.1) is 0 Å². The van der Waals surface area contributed by atoms with Gasteiger partial charge in [-0.3, -0.25) is 0 Å². The maximum atomic E-state index is 2.85. The van der Waals surface area contributed by atoms with Crippen LogP contribution in [0.5, 0.6) is 0 Å². The molecule has 23 aromatic carbocycles. The van der Waals surface area contributed by atoms with Crippen molar-refractivity contribution in [1.82, 2.24) is 9.13 Å². The molecule has 0 unspecified atom stereocenters. The van der Waals surface area contributed by atoms with Crippen molar-refractivity contribution in [3.8, 4) is 55.9 Å². The van der Waals surface area contributed by atoms with Gasteiger partial charge in [0.2, 0.25) is 0 Å². The molecule has 0 spiro atoms. The molecule has 654 valence electrons. The molecule has 4 nitrogen and oxygen atoms in total. The van der Waals surface area contributed by atoms with Gasteiger partial charge in [0.15, 0.2) is 0 Å². The maximum absolute atomic E-state index is 2.85. The van der Waals surface area contributed by atoms with Crippen LogP contribution in [0.25, 0.3) is 245 Å². The second-order valence-electron chi connectivity index (χ2n) is 42.5. The molecule has 0 saturated carbocycles. The molecule has 0 fully saturated rings. The quantitative estimate of drug-likeness (QED) is 0.0856. The van der Waals surface area contributed by atoms with Crippen LogP contribution in [-0.2, 0) is 16.2 Å². The van der Waals surface area contributed by atoms with E-state index in [2.05, 4.69) is 445 Å². The molecular formula is C130H87BN4S4. The first-order chi connectivity index (χ1) is 67.8. The topological polar surface area (TPSA) is 16.3 Å². The fourth-order valence-corrected chi connectivity index (χ4v) is 29.8. The van der Waals surface area contributed by atoms with Crippen LogP contribution in [0.4, 0.5) is 34.1 Å². The van der Waals surface area contributed by atoms with Gasteiger partial charge in [-0.05, 0) is 270 Å². The molecule has 8 heterocycles. The summed E-state index contributed by atoms with van der Waals surface area (Å²) in [7, 11) is 0. The highest BCUT2D eigenvalue weighted by Crippen LogP contribution is 2.60. The third-order valence-corrected chi connectivity index (χ3v) is 36.3. The van der Waals surface area contributed by atoms with E-state index in [1.54, 1.807) is 0 Å². The second kappa shape index (κ2) is 27.8. The van der Waals surface area contributed by atoms with Gasteiger partial charge in [0.05, 0.1) is 33.4 Å². The Hall–Kier alpha value is -15.2. The Labute approximate surface area is 818 Å². The summed E-state index contributed by atoms with van der Waals surface area (Å²) in [5, 5.41) is 31.0. The Morgan fingerprint density at radius 1 is 0.209 bits per heavy atom. The number of anilines is 6. The third kappa shape index (κ3) is 10.9. The van der Waals surface area contributed by atoms with Crippen LogP contribution in [0.2, 0.25) is 0 Å². The van der Waals surface area contributed by atoms with Crippen molar-refractivity contribution in [1.29, 1.82) is 0 Å². The first kappa shape index (κ1) is 78.9. The van der Waals surface area contributed by atoms with E-state index in [9.17, 15) is 0 Å². The summed E-state index contributed by atoms with van der Waals surface area (Å²) < 4.78 is 15.5. The smallest absolute Gasteiger partial charge is 0.252 e. The number of fused-ring (bicyclic) bond motifs is 18. The number of thiophene rings is 4.